The second kappa shape index (κ2) is 10.9. The average Bonchev–Trinajstić information content (AvgIpc) is 2.84. The van der Waals surface area contributed by atoms with Crippen molar-refractivity contribution in [3.8, 4) is 17.2 Å². The van der Waals surface area contributed by atoms with Crippen molar-refractivity contribution < 1.29 is 23.8 Å². The Bertz CT molecular complexity index is 970. The van der Waals surface area contributed by atoms with Crippen LogP contribution in [0.15, 0.2) is 72.8 Å². The molecule has 0 spiro atoms. The molecule has 3 rings (SSSR count). The van der Waals surface area contributed by atoms with Crippen LogP contribution in [0.3, 0.4) is 0 Å². The molecular formula is C25H26N2O5. The largest absolute Gasteiger partial charge is 0.497 e. The van der Waals surface area contributed by atoms with E-state index in [0.717, 1.165) is 0 Å². The summed E-state index contributed by atoms with van der Waals surface area (Å²) in [5.41, 5.74) is 1.60. The minimum atomic E-state index is -0.755. The van der Waals surface area contributed by atoms with Gasteiger partial charge in [0.2, 0.25) is 0 Å². The second-order valence-electron chi connectivity index (χ2n) is 6.84. The normalized spacial score (nSPS) is 10.4. The highest BCUT2D eigenvalue weighted by atomic mass is 16.5. The van der Waals surface area contributed by atoms with Gasteiger partial charge in [-0.05, 0) is 73.2 Å². The summed E-state index contributed by atoms with van der Waals surface area (Å²) in [6.07, 6.45) is -0.755. The number of carbonyl (C=O) groups is 2. The van der Waals surface area contributed by atoms with Crippen molar-refractivity contribution in [1.29, 1.82) is 0 Å². The fraction of sp³-hybridized carbons (Fsp3) is 0.200. The van der Waals surface area contributed by atoms with Gasteiger partial charge in [0.1, 0.15) is 23.4 Å². The van der Waals surface area contributed by atoms with E-state index in [-0.39, 0.29) is 11.8 Å². The minimum absolute atomic E-state index is 0.332. The van der Waals surface area contributed by atoms with Crippen LogP contribution in [0.25, 0.3) is 0 Å². The summed E-state index contributed by atoms with van der Waals surface area (Å²) in [7, 11) is 3.12. The molecule has 0 bridgehead atoms. The first kappa shape index (κ1) is 22.7. The molecule has 2 amide bonds. The van der Waals surface area contributed by atoms with Crippen molar-refractivity contribution in [3.05, 3.63) is 89.5 Å². The quantitative estimate of drug-likeness (QED) is 0.498. The summed E-state index contributed by atoms with van der Waals surface area (Å²) in [4.78, 5) is 25.7. The number of amides is 2. The predicted molar refractivity (Wildman–Crippen MR) is 121 cm³/mol. The molecule has 0 aliphatic carbocycles. The zero-order valence-corrected chi connectivity index (χ0v) is 18.3. The van der Waals surface area contributed by atoms with E-state index in [4.69, 9.17) is 14.2 Å². The van der Waals surface area contributed by atoms with Crippen molar-refractivity contribution in [2.45, 2.75) is 13.1 Å². The zero-order valence-electron chi connectivity index (χ0n) is 18.3. The van der Waals surface area contributed by atoms with Crippen LogP contribution in [-0.2, 0) is 0 Å². The van der Waals surface area contributed by atoms with Gasteiger partial charge in [0.05, 0.1) is 20.8 Å². The predicted octanol–water partition coefficient (Wildman–Crippen LogP) is 3.96. The van der Waals surface area contributed by atoms with Gasteiger partial charge in [0.15, 0.2) is 0 Å². The zero-order chi connectivity index (χ0) is 22.9. The van der Waals surface area contributed by atoms with Crippen LogP contribution < -0.4 is 24.8 Å². The number of benzene rings is 3. The Balaban J connectivity index is 1.82. The molecule has 0 heterocycles. The molecule has 0 fully saturated rings. The maximum Gasteiger partial charge on any atom is 0.253 e. The molecule has 7 heteroatoms. The highest BCUT2D eigenvalue weighted by Gasteiger charge is 2.19. The highest BCUT2D eigenvalue weighted by molar-refractivity contribution is 5.97. The van der Waals surface area contributed by atoms with Gasteiger partial charge in [-0.3, -0.25) is 9.59 Å². The maximum atomic E-state index is 12.9. The van der Waals surface area contributed by atoms with E-state index in [1.54, 1.807) is 87.0 Å². The Kier molecular flexibility index (Phi) is 7.70. The topological polar surface area (TPSA) is 85.9 Å². The summed E-state index contributed by atoms with van der Waals surface area (Å²) < 4.78 is 15.8. The van der Waals surface area contributed by atoms with E-state index in [2.05, 4.69) is 10.6 Å². The van der Waals surface area contributed by atoms with E-state index in [9.17, 15) is 9.59 Å². The average molecular weight is 434 g/mol. The number of nitrogens with one attached hydrogen (secondary N) is 2. The number of hydrogen-bond acceptors (Lipinski definition) is 5. The van der Waals surface area contributed by atoms with Gasteiger partial charge in [-0.1, -0.05) is 12.1 Å². The molecular weight excluding hydrogens is 408 g/mol. The Hall–Kier alpha value is -4.00. The number of ether oxygens (including phenoxy) is 3. The first-order valence-corrected chi connectivity index (χ1v) is 10.2. The molecule has 0 aliphatic rings. The van der Waals surface area contributed by atoms with Crippen molar-refractivity contribution in [3.63, 3.8) is 0 Å². The van der Waals surface area contributed by atoms with E-state index >= 15 is 0 Å². The van der Waals surface area contributed by atoms with Crippen LogP contribution in [0.4, 0.5) is 0 Å². The second-order valence-corrected chi connectivity index (χ2v) is 6.84. The van der Waals surface area contributed by atoms with Crippen LogP contribution in [0, 0.1) is 0 Å². The van der Waals surface area contributed by atoms with Gasteiger partial charge in [0, 0.05) is 11.1 Å². The first-order chi connectivity index (χ1) is 15.5. The summed E-state index contributed by atoms with van der Waals surface area (Å²) in [5, 5.41) is 5.77. The molecule has 3 aromatic rings. The highest BCUT2D eigenvalue weighted by Crippen LogP contribution is 2.19. The smallest absolute Gasteiger partial charge is 0.253 e. The number of rotatable bonds is 9. The lowest BCUT2D eigenvalue weighted by atomic mass is 10.1. The van der Waals surface area contributed by atoms with Gasteiger partial charge in [0.25, 0.3) is 11.8 Å². The molecule has 32 heavy (non-hydrogen) atoms. The molecule has 0 radical (unpaired) electrons. The Labute approximate surface area is 187 Å². The maximum absolute atomic E-state index is 12.9. The van der Waals surface area contributed by atoms with Crippen LogP contribution >= 0.6 is 0 Å². The van der Waals surface area contributed by atoms with Gasteiger partial charge in [-0.25, -0.2) is 0 Å². The van der Waals surface area contributed by atoms with Gasteiger partial charge in [-0.2, -0.15) is 0 Å². The molecule has 166 valence electrons. The number of methoxy groups -OCH3 is 2. The lowest BCUT2D eigenvalue weighted by Gasteiger charge is -2.21. The molecule has 3 aromatic carbocycles. The van der Waals surface area contributed by atoms with E-state index < -0.39 is 6.17 Å². The third kappa shape index (κ3) is 5.78. The Morgan fingerprint density at radius 2 is 1.09 bits per heavy atom. The molecule has 0 saturated heterocycles. The monoisotopic (exact) mass is 434 g/mol. The van der Waals surface area contributed by atoms with Crippen LogP contribution in [0.1, 0.15) is 39.4 Å². The van der Waals surface area contributed by atoms with Crippen LogP contribution in [-0.4, -0.2) is 32.6 Å². The van der Waals surface area contributed by atoms with Crippen molar-refractivity contribution >= 4 is 11.8 Å². The summed E-state index contributed by atoms with van der Waals surface area (Å²) in [6.45, 7) is 2.45. The van der Waals surface area contributed by atoms with Gasteiger partial charge >= 0.3 is 0 Å². The van der Waals surface area contributed by atoms with E-state index in [0.29, 0.717) is 40.5 Å². The first-order valence-electron chi connectivity index (χ1n) is 10.2. The lowest BCUT2D eigenvalue weighted by Crippen LogP contribution is -2.41. The van der Waals surface area contributed by atoms with E-state index in [1.807, 2.05) is 6.92 Å². The lowest BCUT2D eigenvalue weighted by molar-refractivity contribution is 0.0883. The van der Waals surface area contributed by atoms with Gasteiger partial charge < -0.3 is 24.8 Å². The fourth-order valence-electron chi connectivity index (χ4n) is 3.04. The van der Waals surface area contributed by atoms with Crippen molar-refractivity contribution in [2.75, 3.05) is 20.8 Å². The molecule has 0 atom stereocenters. The van der Waals surface area contributed by atoms with Crippen LogP contribution in [0.2, 0.25) is 0 Å². The van der Waals surface area contributed by atoms with Gasteiger partial charge in [-0.15, -0.1) is 0 Å². The summed E-state index contributed by atoms with van der Waals surface area (Å²) in [6, 6.07) is 20.7. The summed E-state index contributed by atoms with van der Waals surface area (Å²) in [5.74, 6) is 1.34. The van der Waals surface area contributed by atoms with Crippen molar-refractivity contribution in [1.82, 2.24) is 10.6 Å². The Morgan fingerprint density at radius 3 is 1.47 bits per heavy atom. The van der Waals surface area contributed by atoms with Crippen LogP contribution in [0.5, 0.6) is 17.2 Å². The minimum Gasteiger partial charge on any atom is -0.497 e. The third-order valence-corrected chi connectivity index (χ3v) is 4.78. The molecule has 0 unspecified atom stereocenters. The molecule has 0 aromatic heterocycles. The summed E-state index contributed by atoms with van der Waals surface area (Å²) >= 11 is 0. The van der Waals surface area contributed by atoms with E-state index in [1.165, 1.54) is 0 Å². The third-order valence-electron chi connectivity index (χ3n) is 4.78. The molecule has 0 saturated carbocycles. The number of hydrogen-bond donors (Lipinski definition) is 2. The number of carbonyl (C=O) groups excluding carboxylic acids is 2. The Morgan fingerprint density at radius 1 is 0.688 bits per heavy atom. The molecule has 0 aliphatic heterocycles. The molecule has 7 nitrogen and oxygen atoms in total. The molecule has 2 N–H and O–H groups in total. The van der Waals surface area contributed by atoms with Crippen molar-refractivity contribution in [2.24, 2.45) is 0 Å². The fourth-order valence-corrected chi connectivity index (χ4v) is 3.04. The SMILES string of the molecule is CCOc1ccc(C(NC(=O)c2ccc(OC)cc2)NC(=O)c2ccc(OC)cc2)cc1. The standard InChI is InChI=1S/C25H26N2O5/c1-4-32-22-15-5-17(6-16-22)23(26-24(28)18-7-11-20(30-2)12-8-18)27-25(29)19-9-13-21(31-3)14-10-19/h5-16,23H,4H2,1-3H3,(H,26,28)(H,27,29).